The Hall–Kier alpha value is -2.04. The lowest BCUT2D eigenvalue weighted by atomic mass is 10.1. The number of nitrogens with one attached hydrogen (secondary N) is 1. The van der Waals surface area contributed by atoms with E-state index in [-0.39, 0.29) is 12.5 Å². The first-order valence-corrected chi connectivity index (χ1v) is 8.32. The number of hydrogen-bond acceptors (Lipinski definition) is 3. The molecule has 0 bridgehead atoms. The zero-order valence-electron chi connectivity index (χ0n) is 13.3. The second-order valence-electron chi connectivity index (χ2n) is 5.14. The van der Waals surface area contributed by atoms with Crippen LogP contribution in [0.15, 0.2) is 47.6 Å². The van der Waals surface area contributed by atoms with Gasteiger partial charge in [-0.05, 0) is 36.2 Å². The van der Waals surface area contributed by atoms with Crippen molar-refractivity contribution in [2.75, 3.05) is 6.61 Å². The number of benzene rings is 2. The summed E-state index contributed by atoms with van der Waals surface area (Å²) in [4.78, 5) is 11.7. The number of amides is 1. The third-order valence-corrected chi connectivity index (χ3v) is 3.75. The van der Waals surface area contributed by atoms with Gasteiger partial charge >= 0.3 is 0 Å². The van der Waals surface area contributed by atoms with Gasteiger partial charge in [0.15, 0.2) is 6.61 Å². The molecule has 0 heterocycles. The van der Waals surface area contributed by atoms with Crippen molar-refractivity contribution in [1.82, 2.24) is 5.43 Å². The van der Waals surface area contributed by atoms with Crippen molar-refractivity contribution in [2.24, 2.45) is 5.10 Å². The monoisotopic (exact) mass is 364 g/mol. The number of rotatable bonds is 7. The highest BCUT2D eigenvalue weighted by molar-refractivity contribution is 6.36. The zero-order chi connectivity index (χ0) is 17.4. The molecule has 1 N–H and O–H groups in total. The Kier molecular flexibility index (Phi) is 7.09. The van der Waals surface area contributed by atoms with Gasteiger partial charge in [0.25, 0.3) is 5.91 Å². The van der Waals surface area contributed by atoms with Crippen LogP contribution in [-0.4, -0.2) is 18.7 Å². The molecule has 2 aromatic rings. The molecule has 126 valence electrons. The average molecular weight is 365 g/mol. The van der Waals surface area contributed by atoms with Crippen LogP contribution in [-0.2, 0) is 11.2 Å². The van der Waals surface area contributed by atoms with E-state index < -0.39 is 0 Å². The maximum absolute atomic E-state index is 11.7. The number of nitrogens with zero attached hydrogens (tertiary/aromatic N) is 1. The molecule has 0 aliphatic carbocycles. The Labute approximate surface area is 151 Å². The Morgan fingerprint density at radius 3 is 2.62 bits per heavy atom. The van der Waals surface area contributed by atoms with Crippen molar-refractivity contribution >= 4 is 35.3 Å². The number of hydrogen-bond donors (Lipinski definition) is 1. The lowest BCUT2D eigenvalue weighted by Crippen LogP contribution is -2.24. The highest BCUT2D eigenvalue weighted by Gasteiger charge is 2.02. The smallest absolute Gasteiger partial charge is 0.277 e. The molecular weight excluding hydrogens is 347 g/mol. The van der Waals surface area contributed by atoms with Crippen LogP contribution in [0.25, 0.3) is 0 Å². The largest absolute Gasteiger partial charge is 0.484 e. The lowest BCUT2D eigenvalue weighted by Gasteiger charge is -2.06. The number of carbonyl (C=O) groups is 1. The van der Waals surface area contributed by atoms with E-state index in [1.54, 1.807) is 18.2 Å². The molecule has 0 saturated carbocycles. The van der Waals surface area contributed by atoms with Crippen molar-refractivity contribution < 1.29 is 9.53 Å². The Morgan fingerprint density at radius 1 is 1.21 bits per heavy atom. The third-order valence-electron chi connectivity index (χ3n) is 3.19. The van der Waals surface area contributed by atoms with Gasteiger partial charge in [0.2, 0.25) is 0 Å². The summed E-state index contributed by atoms with van der Waals surface area (Å²) in [5.41, 5.74) is 4.30. The number of hydrazone groups is 1. The maximum atomic E-state index is 11.7. The Bertz CT molecular complexity index is 715. The minimum Gasteiger partial charge on any atom is -0.484 e. The molecule has 1 amide bonds. The molecule has 2 rings (SSSR count). The predicted molar refractivity (Wildman–Crippen MR) is 98.1 cm³/mol. The van der Waals surface area contributed by atoms with Gasteiger partial charge in [0, 0.05) is 10.6 Å². The molecule has 0 aliphatic heterocycles. The normalized spacial score (nSPS) is 10.8. The summed E-state index contributed by atoms with van der Waals surface area (Å²) in [6.07, 6.45) is 3.58. The zero-order valence-corrected chi connectivity index (χ0v) is 14.8. The fourth-order valence-electron chi connectivity index (χ4n) is 2.00. The molecular formula is C18H18Cl2N2O2. The summed E-state index contributed by atoms with van der Waals surface area (Å²) >= 11 is 11.8. The van der Waals surface area contributed by atoms with Crippen molar-refractivity contribution in [3.63, 3.8) is 0 Å². The van der Waals surface area contributed by atoms with Crippen molar-refractivity contribution in [3.8, 4) is 5.75 Å². The Balaban J connectivity index is 1.79. The summed E-state index contributed by atoms with van der Waals surface area (Å²) in [6, 6.07) is 12.7. The molecule has 0 spiro atoms. The fourth-order valence-corrected chi connectivity index (χ4v) is 2.46. The van der Waals surface area contributed by atoms with E-state index in [2.05, 4.69) is 17.5 Å². The van der Waals surface area contributed by atoms with Gasteiger partial charge in [-0.15, -0.1) is 0 Å². The van der Waals surface area contributed by atoms with Crippen LogP contribution in [0.5, 0.6) is 5.75 Å². The van der Waals surface area contributed by atoms with Gasteiger partial charge in [-0.1, -0.05) is 54.7 Å². The summed E-state index contributed by atoms with van der Waals surface area (Å²) in [5.74, 6) is 0.295. The second-order valence-corrected chi connectivity index (χ2v) is 5.99. The van der Waals surface area contributed by atoms with Crippen LogP contribution < -0.4 is 10.2 Å². The van der Waals surface area contributed by atoms with Gasteiger partial charge < -0.3 is 4.74 Å². The minimum absolute atomic E-state index is 0.112. The van der Waals surface area contributed by atoms with Crippen LogP contribution in [0.3, 0.4) is 0 Å². The van der Waals surface area contributed by atoms with E-state index in [0.717, 1.165) is 12.8 Å². The topological polar surface area (TPSA) is 50.7 Å². The molecule has 4 nitrogen and oxygen atoms in total. The van der Waals surface area contributed by atoms with E-state index in [9.17, 15) is 4.79 Å². The molecule has 0 radical (unpaired) electrons. The van der Waals surface area contributed by atoms with Gasteiger partial charge in [-0.2, -0.15) is 5.10 Å². The summed E-state index contributed by atoms with van der Waals surface area (Å²) < 4.78 is 5.41. The van der Waals surface area contributed by atoms with Crippen LogP contribution in [0.2, 0.25) is 10.0 Å². The fraction of sp³-hybridized carbons (Fsp3) is 0.222. The van der Waals surface area contributed by atoms with Gasteiger partial charge in [-0.25, -0.2) is 5.43 Å². The standard InChI is InChI=1S/C18H18Cl2N2O2/c1-2-3-13-4-8-16(9-5-13)24-12-18(23)22-21-11-14-6-7-15(19)10-17(14)20/h4-11H,2-3,12H2,1H3,(H,22,23)/b21-11+. The predicted octanol–water partition coefficient (Wildman–Crippen LogP) is 4.48. The first-order valence-electron chi connectivity index (χ1n) is 7.57. The molecule has 0 aliphatic rings. The first kappa shape index (κ1) is 18.3. The number of aryl methyl sites for hydroxylation is 1. The van der Waals surface area contributed by atoms with Crippen LogP contribution >= 0.6 is 23.2 Å². The SMILES string of the molecule is CCCc1ccc(OCC(=O)N/N=C/c2ccc(Cl)cc2Cl)cc1. The quantitative estimate of drug-likeness (QED) is 0.581. The molecule has 0 fully saturated rings. The van der Waals surface area contributed by atoms with Crippen molar-refractivity contribution in [3.05, 3.63) is 63.6 Å². The molecule has 0 unspecified atom stereocenters. The molecule has 2 aromatic carbocycles. The summed E-state index contributed by atoms with van der Waals surface area (Å²) in [5, 5.41) is 4.85. The van der Waals surface area contributed by atoms with Gasteiger partial charge in [-0.3, -0.25) is 4.79 Å². The van der Waals surface area contributed by atoms with Crippen molar-refractivity contribution in [1.29, 1.82) is 0 Å². The van der Waals surface area contributed by atoms with E-state index in [1.807, 2.05) is 24.3 Å². The summed E-state index contributed by atoms with van der Waals surface area (Å²) in [7, 11) is 0. The van der Waals surface area contributed by atoms with E-state index >= 15 is 0 Å². The van der Waals surface area contributed by atoms with E-state index in [1.165, 1.54) is 11.8 Å². The highest BCUT2D eigenvalue weighted by Crippen LogP contribution is 2.19. The molecule has 24 heavy (non-hydrogen) atoms. The van der Waals surface area contributed by atoms with Crippen LogP contribution in [0, 0.1) is 0 Å². The number of carbonyl (C=O) groups excluding carboxylic acids is 1. The minimum atomic E-state index is -0.353. The maximum Gasteiger partial charge on any atom is 0.277 e. The Morgan fingerprint density at radius 2 is 1.96 bits per heavy atom. The lowest BCUT2D eigenvalue weighted by molar-refractivity contribution is -0.123. The van der Waals surface area contributed by atoms with Gasteiger partial charge in [0.05, 0.1) is 11.2 Å². The van der Waals surface area contributed by atoms with E-state index in [0.29, 0.717) is 21.4 Å². The number of ether oxygens (including phenoxy) is 1. The molecule has 0 aromatic heterocycles. The number of halogens is 2. The third kappa shape index (κ3) is 5.87. The summed E-state index contributed by atoms with van der Waals surface area (Å²) in [6.45, 7) is 2.02. The van der Waals surface area contributed by atoms with E-state index in [4.69, 9.17) is 27.9 Å². The molecule has 6 heteroatoms. The highest BCUT2D eigenvalue weighted by atomic mass is 35.5. The van der Waals surface area contributed by atoms with Crippen LogP contribution in [0.4, 0.5) is 0 Å². The molecule has 0 atom stereocenters. The second kappa shape index (κ2) is 9.30. The van der Waals surface area contributed by atoms with Crippen molar-refractivity contribution in [2.45, 2.75) is 19.8 Å². The first-order chi connectivity index (χ1) is 11.6. The van der Waals surface area contributed by atoms with Gasteiger partial charge in [0.1, 0.15) is 5.75 Å². The average Bonchev–Trinajstić information content (AvgIpc) is 2.56. The van der Waals surface area contributed by atoms with Crippen LogP contribution in [0.1, 0.15) is 24.5 Å². The molecule has 0 saturated heterocycles.